The van der Waals surface area contributed by atoms with E-state index < -0.39 is 19.8 Å². The van der Waals surface area contributed by atoms with E-state index in [4.69, 9.17) is 0 Å². The van der Waals surface area contributed by atoms with Gasteiger partial charge in [-0.25, -0.2) is 6.14 Å². The zero-order valence-corrected chi connectivity index (χ0v) is 20.3. The van der Waals surface area contributed by atoms with E-state index in [9.17, 15) is 16.0 Å². The van der Waals surface area contributed by atoms with Crippen molar-refractivity contribution in [2.45, 2.75) is 110 Å². The molecule has 0 aliphatic heterocycles. The number of aromatic hydroxyl groups is 1. The summed E-state index contributed by atoms with van der Waals surface area (Å²) in [5.74, 6) is -0.484. The molecule has 1 N–H and O–H groups in total. The number of carbonyl (C=O) groups is 1. The first-order valence-corrected chi connectivity index (χ1v) is 14.3. The molecule has 0 fully saturated rings. The van der Waals surface area contributed by atoms with E-state index in [0.717, 1.165) is 19.3 Å². The summed E-state index contributed by atoms with van der Waals surface area (Å²) in [6.45, 7) is 2.26. The highest BCUT2D eigenvalue weighted by molar-refractivity contribution is 14.2. The van der Waals surface area contributed by atoms with Gasteiger partial charge in [-0.3, -0.25) is 4.79 Å². The average molecular weight is 518 g/mol. The number of benzene rings is 1. The van der Waals surface area contributed by atoms with Crippen LogP contribution in [0.1, 0.15) is 120 Å². The molecule has 0 atom stereocenters. The number of unbranched alkanes of at least 4 members (excludes halogenated alkanes) is 14. The van der Waals surface area contributed by atoms with Crippen LogP contribution < -0.4 is 0 Å². The molecule has 0 saturated heterocycles. The molecule has 1 rings (SSSR count). The summed E-state index contributed by atoms with van der Waals surface area (Å²) in [5, 5.41) is 9.70. The van der Waals surface area contributed by atoms with Gasteiger partial charge in [0.1, 0.15) is 9.32 Å². The van der Waals surface area contributed by atoms with Gasteiger partial charge in [-0.15, -0.1) is 0 Å². The predicted molar refractivity (Wildman–Crippen MR) is 126 cm³/mol. The molecular weight excluding hydrogens is 479 g/mol. The average Bonchev–Trinajstić information content (AvgIpc) is 2.70. The molecule has 166 valence electrons. The topological polar surface area (TPSA) is 71.4 Å². The first-order chi connectivity index (χ1) is 14.1. The number of hydrogen-bond acceptors (Lipinski definition) is 4. The van der Waals surface area contributed by atoms with Crippen LogP contribution in [-0.2, 0) is 6.14 Å². The van der Waals surface area contributed by atoms with Gasteiger partial charge in [0.2, 0.25) is 0 Å². The molecule has 29 heavy (non-hydrogen) atoms. The molecule has 0 radical (unpaired) electrons. The molecule has 5 heteroatoms. The van der Waals surface area contributed by atoms with E-state index in [-0.39, 0.29) is 20.7 Å². The fourth-order valence-corrected chi connectivity index (χ4v) is 5.27. The Bertz CT molecular complexity index is 644. The van der Waals surface area contributed by atoms with E-state index in [1.807, 2.05) is 0 Å². The minimum atomic E-state index is -3.89. The van der Waals surface area contributed by atoms with Crippen LogP contribution in [-0.4, -0.2) is 10.9 Å². The van der Waals surface area contributed by atoms with Gasteiger partial charge in [-0.1, -0.05) is 103 Å². The molecule has 1 aromatic carbocycles. The molecule has 4 nitrogen and oxygen atoms in total. The lowest BCUT2D eigenvalue weighted by Crippen LogP contribution is -2.02. The summed E-state index contributed by atoms with van der Waals surface area (Å²) < 4.78 is 22.6. The molecular formula is C24H39IO4. The molecule has 0 aliphatic carbocycles. The normalized spacial score (nSPS) is 11.2. The van der Waals surface area contributed by atoms with Crippen molar-refractivity contribution in [3.63, 3.8) is 0 Å². The second-order valence-electron chi connectivity index (χ2n) is 7.98. The third-order valence-corrected chi connectivity index (χ3v) is 7.45. The van der Waals surface area contributed by atoms with Gasteiger partial charge in [0, 0.05) is 12.0 Å². The van der Waals surface area contributed by atoms with Gasteiger partial charge in [-0.05, 0) is 18.6 Å². The Balaban J connectivity index is 2.01. The molecule has 0 saturated carbocycles. The molecule has 0 amide bonds. The van der Waals surface area contributed by atoms with Crippen molar-refractivity contribution in [2.24, 2.45) is 0 Å². The second-order valence-corrected chi connectivity index (χ2v) is 10.3. The van der Waals surface area contributed by atoms with Gasteiger partial charge in [0.05, 0.1) is 0 Å². The molecule has 0 aromatic heterocycles. The number of phenolic OH excluding ortho intramolecular Hbond substituents is 1. The maximum Gasteiger partial charge on any atom is 0.345 e. The van der Waals surface area contributed by atoms with Crippen LogP contribution in [0, 0.1) is 3.57 Å². The Kier molecular flexibility index (Phi) is 15.1. The van der Waals surface area contributed by atoms with Crippen molar-refractivity contribution in [1.82, 2.24) is 0 Å². The van der Waals surface area contributed by atoms with Crippen molar-refractivity contribution >= 4 is 25.6 Å². The molecule has 0 unspecified atom stereocenters. The van der Waals surface area contributed by atoms with Crippen LogP contribution in [0.4, 0.5) is 0 Å². The fourth-order valence-electron chi connectivity index (χ4n) is 3.69. The number of Topliss-reactive ketones (excluding diaryl/α,β-unsaturated/α-hetero) is 1. The molecule has 0 heterocycles. The van der Waals surface area contributed by atoms with Gasteiger partial charge in [0.15, 0.2) is 5.78 Å². The van der Waals surface area contributed by atoms with Crippen LogP contribution in [0.2, 0.25) is 0 Å². The third kappa shape index (κ3) is 11.7. The molecule has 1 aromatic rings. The highest BCUT2D eigenvalue weighted by Gasteiger charge is 2.18. The Morgan fingerprint density at radius 1 is 0.759 bits per heavy atom. The summed E-state index contributed by atoms with van der Waals surface area (Å²) in [7, 11) is 0. The largest absolute Gasteiger partial charge is 0.507 e. The van der Waals surface area contributed by atoms with E-state index in [1.165, 1.54) is 95.2 Å². The lowest BCUT2D eigenvalue weighted by atomic mass is 10.0. The summed E-state index contributed by atoms with van der Waals surface area (Å²) in [6.07, 6.45) is 19.4. The smallest absolute Gasteiger partial charge is 0.345 e. The SMILES string of the molecule is CCCCCCCCCCCCCCCCCC(=O)c1cccc(O)c1I(=O)=O. The van der Waals surface area contributed by atoms with Crippen LogP contribution in [0.15, 0.2) is 18.2 Å². The quantitative estimate of drug-likeness (QED) is 0.121. The molecule has 0 aliphatic rings. The standard InChI is InChI=1S/C24H39IO4/c1-2-3-4-5-6-7-8-9-10-11-12-13-14-15-16-19-22(26)21-18-17-20-23(27)24(21)25(28)29/h17-18,20,27H,2-16,19H2,1H3. The van der Waals surface area contributed by atoms with Crippen LogP contribution >= 0.6 is 19.8 Å². The van der Waals surface area contributed by atoms with Crippen molar-refractivity contribution in [3.8, 4) is 5.75 Å². The zero-order chi connectivity index (χ0) is 21.3. The summed E-state index contributed by atoms with van der Waals surface area (Å²) in [4.78, 5) is 12.3. The number of halogens is 1. The van der Waals surface area contributed by atoms with E-state index in [2.05, 4.69) is 6.92 Å². The maximum absolute atomic E-state index is 12.3. The van der Waals surface area contributed by atoms with Crippen LogP contribution in [0.5, 0.6) is 5.75 Å². The van der Waals surface area contributed by atoms with Gasteiger partial charge in [-0.2, -0.15) is 0 Å². The lowest BCUT2D eigenvalue weighted by molar-refractivity contribution is 0.0977. The van der Waals surface area contributed by atoms with Crippen molar-refractivity contribution < 1.29 is 16.0 Å². The first kappa shape index (κ1) is 26.1. The van der Waals surface area contributed by atoms with E-state index >= 15 is 0 Å². The second kappa shape index (κ2) is 16.8. The number of phenols is 1. The van der Waals surface area contributed by atoms with Gasteiger partial charge in [0.25, 0.3) is 0 Å². The lowest BCUT2D eigenvalue weighted by Gasteiger charge is -2.05. The van der Waals surface area contributed by atoms with Gasteiger partial charge < -0.3 is 5.11 Å². The van der Waals surface area contributed by atoms with Crippen molar-refractivity contribution in [1.29, 1.82) is 0 Å². The maximum atomic E-state index is 12.3. The van der Waals surface area contributed by atoms with Gasteiger partial charge >= 0.3 is 19.8 Å². The number of ketones is 1. The number of carbonyl (C=O) groups excluding carboxylic acids is 1. The monoisotopic (exact) mass is 518 g/mol. The molecule has 0 spiro atoms. The predicted octanol–water partition coefficient (Wildman–Crippen LogP) is 8.20. The first-order valence-electron chi connectivity index (χ1n) is 11.5. The highest BCUT2D eigenvalue weighted by atomic mass is 127. The van der Waals surface area contributed by atoms with Crippen molar-refractivity contribution in [3.05, 3.63) is 27.3 Å². The number of hydrogen-bond donors (Lipinski definition) is 1. The minimum absolute atomic E-state index is 0.150. The Labute approximate surface area is 184 Å². The summed E-state index contributed by atoms with van der Waals surface area (Å²) in [5.41, 5.74) is 0.158. The highest BCUT2D eigenvalue weighted by Crippen LogP contribution is 2.31. The van der Waals surface area contributed by atoms with Crippen LogP contribution in [0.25, 0.3) is 0 Å². The molecule has 0 bridgehead atoms. The Morgan fingerprint density at radius 2 is 1.21 bits per heavy atom. The van der Waals surface area contributed by atoms with E-state index in [0.29, 0.717) is 6.42 Å². The fraction of sp³-hybridized carbons (Fsp3) is 0.708. The Morgan fingerprint density at radius 3 is 1.66 bits per heavy atom. The third-order valence-electron chi connectivity index (χ3n) is 5.44. The number of rotatable bonds is 18. The summed E-state index contributed by atoms with van der Waals surface area (Å²) >= 11 is -3.89. The Hall–Kier alpha value is -0.980. The van der Waals surface area contributed by atoms with E-state index in [1.54, 1.807) is 0 Å². The minimum Gasteiger partial charge on any atom is -0.507 e. The zero-order valence-electron chi connectivity index (χ0n) is 18.1. The van der Waals surface area contributed by atoms with Crippen molar-refractivity contribution in [2.75, 3.05) is 0 Å². The van der Waals surface area contributed by atoms with Crippen LogP contribution in [0.3, 0.4) is 0 Å². The summed E-state index contributed by atoms with van der Waals surface area (Å²) in [6, 6.07) is 4.35.